The van der Waals surface area contributed by atoms with Gasteiger partial charge < -0.3 is 23.8 Å². The maximum Gasteiger partial charge on any atom is 0.211 e. The quantitative estimate of drug-likeness (QED) is 0.500. The van der Waals surface area contributed by atoms with Gasteiger partial charge in [0.05, 0.1) is 37.4 Å². The molecule has 0 unspecified atom stereocenters. The number of amidine groups is 1. The molecule has 2 atom stereocenters. The standard InChI is InChI=1S/C25H23F3N4O3/c1-14-10-31(13-29-14)20-5-4-16(6-22(20)33-3)7-23-25-30-34-12-21(32(25)11-15(2)35-23)17-8-18(26)24(28)19(27)9-17/h4-10,13,15,21H,11-12H2,1-3H3/b23-7-/t15-,21-/m1/s1. The van der Waals surface area contributed by atoms with Gasteiger partial charge in [-0.25, -0.2) is 18.2 Å². The Labute approximate surface area is 200 Å². The minimum Gasteiger partial charge on any atom is -0.495 e. The third-order valence-electron chi connectivity index (χ3n) is 5.92. The van der Waals surface area contributed by atoms with Crippen LogP contribution < -0.4 is 4.74 Å². The van der Waals surface area contributed by atoms with Gasteiger partial charge in [0, 0.05) is 6.20 Å². The highest BCUT2D eigenvalue weighted by molar-refractivity contribution is 6.01. The van der Waals surface area contributed by atoms with Crippen LogP contribution in [0.15, 0.2) is 53.8 Å². The van der Waals surface area contributed by atoms with Crippen LogP contribution in [0, 0.1) is 24.4 Å². The fourth-order valence-electron chi connectivity index (χ4n) is 4.29. The molecular formula is C25H23F3N4O3. The number of hydrogen-bond acceptors (Lipinski definition) is 6. The topological polar surface area (TPSA) is 61.1 Å². The molecule has 1 aromatic heterocycles. The van der Waals surface area contributed by atoms with Crippen LogP contribution in [-0.4, -0.2) is 46.7 Å². The van der Waals surface area contributed by atoms with Gasteiger partial charge in [0.1, 0.15) is 18.5 Å². The number of aryl methyl sites for hydroxylation is 1. The first kappa shape index (κ1) is 22.8. The summed E-state index contributed by atoms with van der Waals surface area (Å²) in [5.41, 5.74) is 2.75. The summed E-state index contributed by atoms with van der Waals surface area (Å²) in [5.74, 6) is -2.54. The molecule has 0 saturated carbocycles. The molecule has 35 heavy (non-hydrogen) atoms. The van der Waals surface area contributed by atoms with E-state index < -0.39 is 23.5 Å². The van der Waals surface area contributed by atoms with E-state index >= 15 is 0 Å². The van der Waals surface area contributed by atoms with E-state index in [1.165, 1.54) is 0 Å². The molecule has 7 nitrogen and oxygen atoms in total. The first-order chi connectivity index (χ1) is 16.8. The summed E-state index contributed by atoms with van der Waals surface area (Å²) in [4.78, 5) is 11.5. The number of nitrogens with zero attached hydrogens (tertiary/aromatic N) is 4. The molecule has 0 amide bonds. The van der Waals surface area contributed by atoms with Crippen LogP contribution in [-0.2, 0) is 9.57 Å². The van der Waals surface area contributed by atoms with Crippen molar-refractivity contribution in [3.05, 3.63) is 82.9 Å². The Balaban J connectivity index is 1.49. The molecule has 3 aromatic rings. The Bertz CT molecular complexity index is 1310. The Kier molecular flexibility index (Phi) is 5.88. The number of methoxy groups -OCH3 is 1. The van der Waals surface area contributed by atoms with E-state index in [4.69, 9.17) is 14.3 Å². The van der Waals surface area contributed by atoms with Crippen LogP contribution in [0.3, 0.4) is 0 Å². The van der Waals surface area contributed by atoms with Crippen LogP contribution >= 0.6 is 0 Å². The van der Waals surface area contributed by atoms with Crippen LogP contribution in [0.25, 0.3) is 11.8 Å². The van der Waals surface area contributed by atoms with Gasteiger partial charge in [-0.1, -0.05) is 11.2 Å². The average molecular weight is 484 g/mol. The largest absolute Gasteiger partial charge is 0.495 e. The number of aromatic nitrogens is 2. The first-order valence-corrected chi connectivity index (χ1v) is 11.0. The number of oxime groups is 1. The van der Waals surface area contributed by atoms with Gasteiger partial charge in [0.25, 0.3) is 0 Å². The Hall–Kier alpha value is -3.95. The predicted octanol–water partition coefficient (Wildman–Crippen LogP) is 4.75. The summed E-state index contributed by atoms with van der Waals surface area (Å²) < 4.78 is 54.9. The Morgan fingerprint density at radius 1 is 1.14 bits per heavy atom. The van der Waals surface area contributed by atoms with E-state index in [0.29, 0.717) is 23.9 Å². The molecule has 1 fully saturated rings. The maximum absolute atomic E-state index is 13.9. The van der Waals surface area contributed by atoms with Crippen molar-refractivity contribution < 1.29 is 27.5 Å². The number of benzene rings is 2. The van der Waals surface area contributed by atoms with E-state index in [9.17, 15) is 13.2 Å². The highest BCUT2D eigenvalue weighted by Crippen LogP contribution is 2.34. The summed E-state index contributed by atoms with van der Waals surface area (Å²) in [7, 11) is 1.59. The highest BCUT2D eigenvalue weighted by Gasteiger charge is 2.37. The van der Waals surface area contributed by atoms with Gasteiger partial charge in [0.15, 0.2) is 23.2 Å². The van der Waals surface area contributed by atoms with Crippen LogP contribution in [0.1, 0.15) is 29.8 Å². The molecule has 5 rings (SSSR count). The zero-order valence-corrected chi connectivity index (χ0v) is 19.3. The van der Waals surface area contributed by atoms with Crippen LogP contribution in [0.5, 0.6) is 5.75 Å². The van der Waals surface area contributed by atoms with Crippen molar-refractivity contribution in [3.63, 3.8) is 0 Å². The fourth-order valence-corrected chi connectivity index (χ4v) is 4.29. The third kappa shape index (κ3) is 4.31. The lowest BCUT2D eigenvalue weighted by Crippen LogP contribution is -2.49. The lowest BCUT2D eigenvalue weighted by Gasteiger charge is -2.42. The minimum atomic E-state index is -1.50. The van der Waals surface area contributed by atoms with Crippen molar-refractivity contribution in [1.82, 2.24) is 14.5 Å². The third-order valence-corrected chi connectivity index (χ3v) is 5.92. The van der Waals surface area contributed by atoms with Crippen LogP contribution in [0.4, 0.5) is 13.2 Å². The number of imidazole rings is 1. The van der Waals surface area contributed by atoms with Gasteiger partial charge in [-0.05, 0) is 55.3 Å². The van der Waals surface area contributed by atoms with Gasteiger partial charge in [-0.2, -0.15) is 0 Å². The molecular weight excluding hydrogens is 461 g/mol. The number of fused-ring (bicyclic) bond motifs is 1. The number of morpholine rings is 1. The van der Waals surface area contributed by atoms with E-state index in [-0.39, 0.29) is 18.3 Å². The normalized spacial score (nSPS) is 20.7. The minimum absolute atomic E-state index is 0.0564. The molecule has 2 aromatic carbocycles. The molecule has 0 N–H and O–H groups in total. The lowest BCUT2D eigenvalue weighted by molar-refractivity contribution is 0.0121. The van der Waals surface area contributed by atoms with Gasteiger partial charge in [0.2, 0.25) is 5.84 Å². The number of rotatable bonds is 4. The molecule has 10 heteroatoms. The number of ether oxygens (including phenoxy) is 2. The summed E-state index contributed by atoms with van der Waals surface area (Å²) in [6.45, 7) is 4.26. The zero-order valence-electron chi connectivity index (χ0n) is 19.3. The predicted molar refractivity (Wildman–Crippen MR) is 123 cm³/mol. The summed E-state index contributed by atoms with van der Waals surface area (Å²) >= 11 is 0. The molecule has 182 valence electrons. The molecule has 0 bridgehead atoms. The van der Waals surface area contributed by atoms with Crippen molar-refractivity contribution in [2.75, 3.05) is 20.3 Å². The monoisotopic (exact) mass is 484 g/mol. The van der Waals surface area contributed by atoms with Crippen molar-refractivity contribution in [2.45, 2.75) is 26.0 Å². The fraction of sp³-hybridized carbons (Fsp3) is 0.280. The van der Waals surface area contributed by atoms with Crippen molar-refractivity contribution in [1.29, 1.82) is 0 Å². The Morgan fingerprint density at radius 2 is 1.91 bits per heavy atom. The molecule has 0 radical (unpaired) electrons. The molecule has 2 aliphatic rings. The first-order valence-electron chi connectivity index (χ1n) is 11.0. The van der Waals surface area contributed by atoms with E-state index in [0.717, 1.165) is 29.1 Å². The van der Waals surface area contributed by atoms with Crippen molar-refractivity contribution in [3.8, 4) is 11.4 Å². The number of hydrogen-bond donors (Lipinski definition) is 0. The molecule has 0 aliphatic carbocycles. The SMILES string of the molecule is COc1cc(/C=C2\O[C@H](C)CN3C2=NOC[C@@H]3c2cc(F)c(F)c(F)c2)ccc1-n1cnc(C)c1. The molecule has 2 aliphatic heterocycles. The Morgan fingerprint density at radius 3 is 2.60 bits per heavy atom. The van der Waals surface area contributed by atoms with E-state index in [1.807, 2.05) is 47.7 Å². The second kappa shape index (κ2) is 9.01. The summed E-state index contributed by atoms with van der Waals surface area (Å²) in [6.07, 6.45) is 5.16. The number of halogens is 3. The second-order valence-corrected chi connectivity index (χ2v) is 8.47. The zero-order chi connectivity index (χ0) is 24.7. The second-order valence-electron chi connectivity index (χ2n) is 8.47. The molecule has 3 heterocycles. The van der Waals surface area contributed by atoms with Gasteiger partial charge in [-0.3, -0.25) is 0 Å². The van der Waals surface area contributed by atoms with E-state index in [2.05, 4.69) is 10.1 Å². The average Bonchev–Trinajstić information content (AvgIpc) is 3.27. The summed E-state index contributed by atoms with van der Waals surface area (Å²) in [6, 6.07) is 7.07. The van der Waals surface area contributed by atoms with Crippen molar-refractivity contribution in [2.24, 2.45) is 5.16 Å². The molecule has 0 spiro atoms. The van der Waals surface area contributed by atoms with Crippen molar-refractivity contribution >= 4 is 11.9 Å². The summed E-state index contributed by atoms with van der Waals surface area (Å²) in [5, 5.41) is 4.16. The maximum atomic E-state index is 13.9. The van der Waals surface area contributed by atoms with E-state index in [1.54, 1.807) is 19.5 Å². The van der Waals surface area contributed by atoms with Crippen LogP contribution in [0.2, 0.25) is 0 Å². The lowest BCUT2D eigenvalue weighted by atomic mass is 10.0. The molecule has 1 saturated heterocycles. The smallest absolute Gasteiger partial charge is 0.211 e. The van der Waals surface area contributed by atoms with Gasteiger partial charge >= 0.3 is 0 Å². The highest BCUT2D eigenvalue weighted by atomic mass is 19.2. The van der Waals surface area contributed by atoms with Gasteiger partial charge in [-0.15, -0.1) is 0 Å².